The van der Waals surface area contributed by atoms with Crippen LogP contribution in [0.1, 0.15) is 33.6 Å². The van der Waals surface area contributed by atoms with Gasteiger partial charge in [-0.15, -0.1) is 0 Å². The molecule has 2 aliphatic rings. The first-order chi connectivity index (χ1) is 15.2. The maximum atomic E-state index is 12.4. The van der Waals surface area contributed by atoms with Gasteiger partial charge in [-0.3, -0.25) is 14.5 Å². The van der Waals surface area contributed by atoms with Crippen molar-refractivity contribution < 1.29 is 29.0 Å². The quantitative estimate of drug-likeness (QED) is 0.620. The number of likely N-dealkylation sites (tertiary alicyclic amines) is 1. The van der Waals surface area contributed by atoms with Crippen LogP contribution in [-0.2, 0) is 14.3 Å². The first kappa shape index (κ1) is 23.6. The lowest BCUT2D eigenvalue weighted by Crippen LogP contribution is -2.42. The number of amides is 3. The number of imide groups is 1. The molecule has 0 atom stereocenters. The summed E-state index contributed by atoms with van der Waals surface area (Å²) in [6.07, 6.45) is 2.55. The van der Waals surface area contributed by atoms with E-state index in [4.69, 9.17) is 14.6 Å². The highest BCUT2D eigenvalue weighted by Crippen LogP contribution is 2.28. The Kier molecular flexibility index (Phi) is 7.40. The van der Waals surface area contributed by atoms with E-state index in [9.17, 15) is 14.4 Å². The molecule has 9 nitrogen and oxygen atoms in total. The molecule has 0 unspecified atom stereocenters. The number of piperidine rings is 1. The van der Waals surface area contributed by atoms with Crippen LogP contribution in [0.15, 0.2) is 36.0 Å². The number of β-amino-alcohol motifs (C(OH)–C–C–N with tert-alkyl or cyclic N) is 1. The lowest BCUT2D eigenvalue weighted by molar-refractivity contribution is -0.137. The molecule has 1 saturated heterocycles. The number of carbonyl (C=O) groups is 3. The molecule has 1 aromatic rings. The predicted octanol–water partition coefficient (Wildman–Crippen LogP) is 2.37. The fraction of sp³-hybridized carbons (Fsp3) is 0.522. The zero-order chi connectivity index (χ0) is 23.3. The summed E-state index contributed by atoms with van der Waals surface area (Å²) < 4.78 is 11.5. The van der Waals surface area contributed by atoms with Gasteiger partial charge in [-0.25, -0.2) is 4.79 Å². The highest BCUT2D eigenvalue weighted by atomic mass is 16.6. The average molecular weight is 446 g/mol. The van der Waals surface area contributed by atoms with Crippen molar-refractivity contribution in [2.75, 3.05) is 38.2 Å². The van der Waals surface area contributed by atoms with Crippen molar-refractivity contribution in [3.05, 3.63) is 36.0 Å². The maximum Gasteiger partial charge on any atom is 0.410 e. The summed E-state index contributed by atoms with van der Waals surface area (Å²) in [7, 11) is 0. The first-order valence-electron chi connectivity index (χ1n) is 10.8. The first-order valence-corrected chi connectivity index (χ1v) is 10.8. The summed E-state index contributed by atoms with van der Waals surface area (Å²) in [6, 6.07) is 7.21. The summed E-state index contributed by atoms with van der Waals surface area (Å²) in [5.41, 5.74) is 0.214. The van der Waals surface area contributed by atoms with Crippen LogP contribution >= 0.6 is 0 Å². The number of aliphatic hydroxyl groups excluding tert-OH is 1. The third-order valence-corrected chi connectivity index (χ3v) is 5.23. The fourth-order valence-electron chi connectivity index (χ4n) is 3.57. The molecule has 2 heterocycles. The van der Waals surface area contributed by atoms with Gasteiger partial charge >= 0.3 is 6.09 Å². The second-order valence-corrected chi connectivity index (χ2v) is 8.92. The van der Waals surface area contributed by atoms with Gasteiger partial charge in [0.15, 0.2) is 0 Å². The number of benzene rings is 1. The Morgan fingerprint density at radius 3 is 2.53 bits per heavy atom. The van der Waals surface area contributed by atoms with E-state index in [1.807, 2.05) is 32.9 Å². The van der Waals surface area contributed by atoms with Gasteiger partial charge < -0.3 is 24.8 Å². The van der Waals surface area contributed by atoms with Gasteiger partial charge in [0.2, 0.25) is 0 Å². The van der Waals surface area contributed by atoms with Crippen LogP contribution in [0.5, 0.6) is 5.75 Å². The van der Waals surface area contributed by atoms with Crippen LogP contribution in [0.2, 0.25) is 0 Å². The second kappa shape index (κ2) is 10.0. The smallest absolute Gasteiger partial charge is 0.410 e. The molecule has 0 aromatic heterocycles. The van der Waals surface area contributed by atoms with Gasteiger partial charge in [0.05, 0.1) is 25.4 Å². The summed E-state index contributed by atoms with van der Waals surface area (Å²) in [4.78, 5) is 39.3. The fourth-order valence-corrected chi connectivity index (χ4v) is 3.57. The van der Waals surface area contributed by atoms with Crippen LogP contribution < -0.4 is 10.1 Å². The molecule has 1 aromatic carbocycles. The Balaban J connectivity index is 1.53. The van der Waals surface area contributed by atoms with Gasteiger partial charge in [0.25, 0.3) is 11.8 Å². The SMILES string of the molecule is CC(C)(C)OC(=O)N1CCC(COc2ccccc2NC2=CC(=O)N(CCO)C2=O)CC1. The van der Waals surface area contributed by atoms with Crippen molar-refractivity contribution in [3.8, 4) is 5.75 Å². The number of hydrogen-bond acceptors (Lipinski definition) is 7. The summed E-state index contributed by atoms with van der Waals surface area (Å²) in [6.45, 7) is 6.94. The molecule has 32 heavy (non-hydrogen) atoms. The van der Waals surface area contributed by atoms with Crippen LogP contribution in [0.4, 0.5) is 10.5 Å². The molecule has 0 saturated carbocycles. The maximum absolute atomic E-state index is 12.4. The van der Waals surface area contributed by atoms with Gasteiger partial charge in [-0.2, -0.15) is 0 Å². The second-order valence-electron chi connectivity index (χ2n) is 8.92. The molecule has 2 N–H and O–H groups in total. The van der Waals surface area contributed by atoms with Crippen molar-refractivity contribution in [3.63, 3.8) is 0 Å². The number of hydrogen-bond donors (Lipinski definition) is 2. The molecule has 3 rings (SSSR count). The Labute approximate surface area is 188 Å². The Morgan fingerprint density at radius 2 is 1.88 bits per heavy atom. The lowest BCUT2D eigenvalue weighted by atomic mass is 9.98. The normalized spacial score (nSPS) is 17.4. The topological polar surface area (TPSA) is 108 Å². The number of carbonyl (C=O) groups excluding carboxylic acids is 3. The lowest BCUT2D eigenvalue weighted by Gasteiger charge is -2.33. The van der Waals surface area contributed by atoms with Gasteiger partial charge in [0.1, 0.15) is 17.0 Å². The van der Waals surface area contributed by atoms with Gasteiger partial charge in [-0.1, -0.05) is 12.1 Å². The van der Waals surface area contributed by atoms with E-state index < -0.39 is 17.4 Å². The summed E-state index contributed by atoms with van der Waals surface area (Å²) >= 11 is 0. The van der Waals surface area contributed by atoms with Gasteiger partial charge in [-0.05, 0) is 51.7 Å². The van der Waals surface area contributed by atoms with Crippen LogP contribution in [0, 0.1) is 5.92 Å². The Bertz CT molecular complexity index is 884. The molecule has 0 radical (unpaired) electrons. The van der Waals surface area contributed by atoms with Gasteiger partial charge in [0, 0.05) is 19.2 Å². The third kappa shape index (κ3) is 6.00. The van der Waals surface area contributed by atoms with E-state index in [1.54, 1.807) is 17.0 Å². The van der Waals surface area contributed by atoms with E-state index >= 15 is 0 Å². The Hall–Kier alpha value is -3.07. The van der Waals surface area contributed by atoms with Crippen molar-refractivity contribution in [2.45, 2.75) is 39.2 Å². The number of anilines is 1. The predicted molar refractivity (Wildman–Crippen MR) is 118 cm³/mol. The minimum Gasteiger partial charge on any atom is -0.491 e. The van der Waals surface area contributed by atoms with E-state index in [1.165, 1.54) is 6.08 Å². The Morgan fingerprint density at radius 1 is 1.19 bits per heavy atom. The van der Waals surface area contributed by atoms with E-state index in [-0.39, 0.29) is 30.9 Å². The summed E-state index contributed by atoms with van der Waals surface area (Å²) in [5.74, 6) is -0.0745. The van der Waals surface area contributed by atoms with E-state index in [0.29, 0.717) is 31.1 Å². The molecule has 3 amide bonds. The molecular weight excluding hydrogens is 414 g/mol. The average Bonchev–Trinajstić information content (AvgIpc) is 3.00. The molecule has 9 heteroatoms. The number of rotatable bonds is 7. The monoisotopic (exact) mass is 445 g/mol. The highest BCUT2D eigenvalue weighted by molar-refractivity contribution is 6.17. The minimum absolute atomic E-state index is 0.0422. The van der Waals surface area contributed by atoms with Crippen LogP contribution in [0.3, 0.4) is 0 Å². The number of aliphatic hydroxyl groups is 1. The zero-order valence-electron chi connectivity index (χ0n) is 18.8. The molecular formula is C23H31N3O6. The zero-order valence-corrected chi connectivity index (χ0v) is 18.8. The van der Waals surface area contributed by atoms with E-state index in [2.05, 4.69) is 5.32 Å². The van der Waals surface area contributed by atoms with Crippen molar-refractivity contribution >= 4 is 23.6 Å². The largest absolute Gasteiger partial charge is 0.491 e. The highest BCUT2D eigenvalue weighted by Gasteiger charge is 2.31. The van der Waals surface area contributed by atoms with Crippen LogP contribution in [-0.4, -0.2) is 71.3 Å². The van der Waals surface area contributed by atoms with Crippen molar-refractivity contribution in [2.24, 2.45) is 5.92 Å². The molecule has 174 valence electrons. The molecule has 0 aliphatic carbocycles. The number of nitrogens with zero attached hydrogens (tertiary/aromatic N) is 2. The molecule has 2 aliphatic heterocycles. The third-order valence-electron chi connectivity index (χ3n) is 5.23. The van der Waals surface area contributed by atoms with Crippen molar-refractivity contribution in [1.82, 2.24) is 9.80 Å². The summed E-state index contributed by atoms with van der Waals surface area (Å²) in [5, 5.41) is 12.0. The minimum atomic E-state index is -0.510. The number of ether oxygens (including phenoxy) is 2. The molecule has 0 spiro atoms. The van der Waals surface area contributed by atoms with Crippen molar-refractivity contribution in [1.29, 1.82) is 0 Å². The standard InChI is InChI=1S/C23H31N3O6/c1-23(2,3)32-22(30)25-10-8-16(9-11-25)15-31-19-7-5-4-6-17(19)24-18-14-20(28)26(12-13-27)21(18)29/h4-7,14,16,24,27H,8-13,15H2,1-3H3. The number of nitrogens with one attached hydrogen (secondary N) is 1. The van der Waals surface area contributed by atoms with E-state index in [0.717, 1.165) is 17.7 Å². The molecule has 1 fully saturated rings. The van der Waals surface area contributed by atoms with Crippen LogP contribution in [0.25, 0.3) is 0 Å². The molecule has 0 bridgehead atoms. The number of para-hydroxylation sites is 2.